The average Bonchev–Trinajstić information content (AvgIpc) is 2.78. The smallest absolute Gasteiger partial charge is 0.415 e. The number of rotatable bonds is 2. The van der Waals surface area contributed by atoms with E-state index in [1.807, 2.05) is 0 Å². The fraction of sp³-hybridized carbons (Fsp3) is 0.467. The predicted molar refractivity (Wildman–Crippen MR) is 79.4 cm³/mol. The van der Waals surface area contributed by atoms with E-state index in [4.69, 9.17) is 21.1 Å². The Balaban J connectivity index is 2.38. The topological polar surface area (TPSA) is 55.8 Å². The van der Waals surface area contributed by atoms with Crippen molar-refractivity contribution in [3.05, 3.63) is 29.6 Å². The van der Waals surface area contributed by atoms with E-state index < -0.39 is 29.5 Å². The van der Waals surface area contributed by atoms with Crippen LogP contribution in [0.1, 0.15) is 26.3 Å². The lowest BCUT2D eigenvalue weighted by Gasteiger charge is -2.28. The van der Waals surface area contributed by atoms with E-state index in [-0.39, 0.29) is 18.1 Å². The van der Waals surface area contributed by atoms with Crippen LogP contribution < -0.4 is 4.90 Å². The predicted octanol–water partition coefficient (Wildman–Crippen LogP) is 3.23. The summed E-state index contributed by atoms with van der Waals surface area (Å²) in [6, 6.07) is 3.00. The van der Waals surface area contributed by atoms with Gasteiger partial charge in [-0.3, -0.25) is 4.90 Å². The first-order chi connectivity index (χ1) is 10.2. The molecule has 1 aromatic carbocycles. The molecule has 1 amide bonds. The molecule has 1 aliphatic heterocycles. The summed E-state index contributed by atoms with van der Waals surface area (Å²) in [5.41, 5.74) is -0.149. The van der Waals surface area contributed by atoms with E-state index in [0.29, 0.717) is 5.69 Å². The maximum Gasteiger partial charge on any atom is 0.415 e. The van der Waals surface area contributed by atoms with E-state index >= 15 is 0 Å². The molecular formula is C15H17ClFNO4. The summed E-state index contributed by atoms with van der Waals surface area (Å²) in [4.78, 5) is 25.5. The van der Waals surface area contributed by atoms with Gasteiger partial charge in [0.1, 0.15) is 17.5 Å². The number of benzene rings is 1. The second kappa shape index (κ2) is 6.12. The fourth-order valence-corrected chi connectivity index (χ4v) is 2.41. The van der Waals surface area contributed by atoms with Crippen molar-refractivity contribution in [1.29, 1.82) is 0 Å². The monoisotopic (exact) mass is 329 g/mol. The molecule has 22 heavy (non-hydrogen) atoms. The number of halogens is 2. The molecule has 0 saturated carbocycles. The number of alkyl halides is 1. The summed E-state index contributed by atoms with van der Waals surface area (Å²) in [6.07, 6.45) is -0.704. The van der Waals surface area contributed by atoms with E-state index in [1.54, 1.807) is 26.8 Å². The minimum atomic E-state index is -0.986. The molecule has 0 bridgehead atoms. The molecule has 120 valence electrons. The molecule has 0 fully saturated rings. The third kappa shape index (κ3) is 3.32. The second-order valence-corrected chi connectivity index (χ2v) is 6.10. The minimum Gasteiger partial charge on any atom is -0.448 e. The SMILES string of the molecule is CC(C)(C)OC(=O)N1c2cccc(F)c2CC1C(=O)OCCl. The van der Waals surface area contributed by atoms with Gasteiger partial charge in [0.25, 0.3) is 0 Å². The number of hydrogen-bond donors (Lipinski definition) is 0. The molecule has 0 saturated heterocycles. The van der Waals surface area contributed by atoms with Gasteiger partial charge in [0.2, 0.25) is 0 Å². The Morgan fingerprint density at radius 1 is 1.41 bits per heavy atom. The molecule has 7 heteroatoms. The van der Waals surface area contributed by atoms with Crippen LogP contribution >= 0.6 is 11.6 Å². The van der Waals surface area contributed by atoms with Crippen LogP contribution in [0.3, 0.4) is 0 Å². The third-order valence-electron chi connectivity index (χ3n) is 3.12. The first-order valence-corrected chi connectivity index (χ1v) is 7.30. The Bertz CT molecular complexity index is 600. The Morgan fingerprint density at radius 3 is 2.68 bits per heavy atom. The zero-order valence-electron chi connectivity index (χ0n) is 12.6. The van der Waals surface area contributed by atoms with Gasteiger partial charge in [-0.1, -0.05) is 17.7 Å². The van der Waals surface area contributed by atoms with Gasteiger partial charge in [0, 0.05) is 12.0 Å². The van der Waals surface area contributed by atoms with E-state index in [0.717, 1.165) is 4.90 Å². The van der Waals surface area contributed by atoms with Crippen molar-refractivity contribution < 1.29 is 23.5 Å². The van der Waals surface area contributed by atoms with Gasteiger partial charge in [-0.05, 0) is 32.9 Å². The largest absolute Gasteiger partial charge is 0.448 e. The number of ether oxygens (including phenoxy) is 2. The summed E-state index contributed by atoms with van der Waals surface area (Å²) in [5, 5.41) is 0. The molecular weight excluding hydrogens is 313 g/mol. The van der Waals surface area contributed by atoms with Crippen LogP contribution in [-0.2, 0) is 20.7 Å². The second-order valence-electron chi connectivity index (χ2n) is 5.88. The zero-order valence-corrected chi connectivity index (χ0v) is 13.3. The van der Waals surface area contributed by atoms with Gasteiger partial charge in [-0.25, -0.2) is 14.0 Å². The highest BCUT2D eigenvalue weighted by Crippen LogP contribution is 2.35. The number of esters is 1. The molecule has 1 aromatic rings. The summed E-state index contributed by atoms with van der Waals surface area (Å²) in [6.45, 7) is 5.12. The Hall–Kier alpha value is -1.82. The molecule has 0 N–H and O–H groups in total. The van der Waals surface area contributed by atoms with Gasteiger partial charge in [0.05, 0.1) is 5.69 Å². The number of hydrogen-bond acceptors (Lipinski definition) is 4. The van der Waals surface area contributed by atoms with Gasteiger partial charge < -0.3 is 9.47 Å². The van der Waals surface area contributed by atoms with E-state index in [2.05, 4.69) is 0 Å². The van der Waals surface area contributed by atoms with Crippen molar-refractivity contribution in [3.63, 3.8) is 0 Å². The molecule has 0 spiro atoms. The van der Waals surface area contributed by atoms with Crippen molar-refractivity contribution in [2.75, 3.05) is 11.0 Å². The number of carbonyl (C=O) groups excluding carboxylic acids is 2. The molecule has 2 rings (SSSR count). The van der Waals surface area contributed by atoms with E-state index in [1.165, 1.54) is 12.1 Å². The highest BCUT2D eigenvalue weighted by molar-refractivity contribution is 6.17. The highest BCUT2D eigenvalue weighted by Gasteiger charge is 2.42. The van der Waals surface area contributed by atoms with Crippen LogP contribution in [-0.4, -0.2) is 29.8 Å². The maximum atomic E-state index is 13.9. The Kier molecular flexibility index (Phi) is 4.60. The van der Waals surface area contributed by atoms with Crippen LogP contribution in [0.25, 0.3) is 0 Å². The van der Waals surface area contributed by atoms with Crippen molar-refractivity contribution in [2.24, 2.45) is 0 Å². The first kappa shape index (κ1) is 16.5. The molecule has 1 heterocycles. The quantitative estimate of drug-likeness (QED) is 0.617. The zero-order chi connectivity index (χ0) is 16.5. The molecule has 0 radical (unpaired) electrons. The number of anilines is 1. The van der Waals surface area contributed by atoms with Crippen LogP contribution in [0.15, 0.2) is 18.2 Å². The number of amides is 1. The maximum absolute atomic E-state index is 13.9. The van der Waals surface area contributed by atoms with Crippen LogP contribution in [0.2, 0.25) is 0 Å². The number of carbonyl (C=O) groups is 2. The Morgan fingerprint density at radius 2 is 2.09 bits per heavy atom. The minimum absolute atomic E-state index is 0.0248. The highest BCUT2D eigenvalue weighted by atomic mass is 35.5. The summed E-state index contributed by atoms with van der Waals surface area (Å²) >= 11 is 5.40. The normalized spacial score (nSPS) is 17.1. The Labute approximate surface area is 132 Å². The number of fused-ring (bicyclic) bond motifs is 1. The number of nitrogens with zero attached hydrogens (tertiary/aromatic N) is 1. The van der Waals surface area contributed by atoms with Crippen molar-refractivity contribution in [3.8, 4) is 0 Å². The molecule has 0 aliphatic carbocycles. The molecule has 1 atom stereocenters. The third-order valence-corrected chi connectivity index (χ3v) is 3.23. The molecule has 1 aliphatic rings. The van der Waals surface area contributed by atoms with Gasteiger partial charge >= 0.3 is 12.1 Å². The van der Waals surface area contributed by atoms with Crippen molar-refractivity contribution in [1.82, 2.24) is 0 Å². The molecule has 5 nitrogen and oxygen atoms in total. The lowest BCUT2D eigenvalue weighted by atomic mass is 10.1. The van der Waals surface area contributed by atoms with Crippen LogP contribution in [0.4, 0.5) is 14.9 Å². The first-order valence-electron chi connectivity index (χ1n) is 6.77. The lowest BCUT2D eigenvalue weighted by molar-refractivity contribution is -0.143. The standard InChI is InChI=1S/C15H17ClFNO4/c1-15(2,3)22-14(20)18-11-6-4-5-10(17)9(11)7-12(18)13(19)21-8-16/h4-6,12H,7-8H2,1-3H3. The molecule has 0 aromatic heterocycles. The summed E-state index contributed by atoms with van der Waals surface area (Å²) < 4.78 is 24.0. The van der Waals surface area contributed by atoms with Gasteiger partial charge in [-0.15, -0.1) is 0 Å². The summed E-state index contributed by atoms with van der Waals surface area (Å²) in [7, 11) is 0. The fourth-order valence-electron chi connectivity index (χ4n) is 2.30. The lowest BCUT2D eigenvalue weighted by Crippen LogP contribution is -2.46. The van der Waals surface area contributed by atoms with Gasteiger partial charge in [0.15, 0.2) is 6.07 Å². The van der Waals surface area contributed by atoms with Crippen molar-refractivity contribution >= 4 is 29.4 Å². The van der Waals surface area contributed by atoms with Crippen LogP contribution in [0.5, 0.6) is 0 Å². The van der Waals surface area contributed by atoms with Crippen LogP contribution in [0, 0.1) is 5.82 Å². The molecule has 1 unspecified atom stereocenters. The van der Waals surface area contributed by atoms with Gasteiger partial charge in [-0.2, -0.15) is 0 Å². The van der Waals surface area contributed by atoms with E-state index in [9.17, 15) is 14.0 Å². The average molecular weight is 330 g/mol. The van der Waals surface area contributed by atoms with Crippen molar-refractivity contribution in [2.45, 2.75) is 38.8 Å². The summed E-state index contributed by atoms with van der Waals surface area (Å²) in [5.74, 6) is -1.18.